The molecule has 0 bridgehead atoms. The number of methoxy groups -OCH3 is 1. The Morgan fingerprint density at radius 2 is 2.32 bits per heavy atom. The van der Waals surface area contributed by atoms with Crippen molar-refractivity contribution in [3.05, 3.63) is 0 Å². The van der Waals surface area contributed by atoms with Crippen molar-refractivity contribution >= 4 is 11.9 Å². The van der Waals surface area contributed by atoms with Gasteiger partial charge < -0.3 is 24.8 Å². The summed E-state index contributed by atoms with van der Waals surface area (Å²) in [4.78, 5) is 14.6. The van der Waals surface area contributed by atoms with E-state index in [0.717, 1.165) is 0 Å². The van der Waals surface area contributed by atoms with E-state index >= 15 is 0 Å². The molecule has 1 saturated heterocycles. The molecule has 0 aliphatic carbocycles. The van der Waals surface area contributed by atoms with E-state index in [9.17, 15) is 5.11 Å². The van der Waals surface area contributed by atoms with Crippen molar-refractivity contribution in [3.8, 4) is 6.01 Å². The fraction of sp³-hybridized carbons (Fsp3) is 0.727. The van der Waals surface area contributed by atoms with Crippen molar-refractivity contribution < 1.29 is 14.6 Å². The largest absolute Gasteiger partial charge is 0.467 e. The molecule has 1 aliphatic rings. The molecule has 0 amide bonds. The standard InChI is InChI=1S/C11H19N5O3/c1-3-12-9-13-10(15-11(14-9)18-2)16-4-5-19-7-8(16)6-17/h8,17H,3-7H2,1-2H3,(H,12,13,14,15). The third-order valence-corrected chi connectivity index (χ3v) is 2.82. The maximum Gasteiger partial charge on any atom is 0.322 e. The van der Waals surface area contributed by atoms with Gasteiger partial charge in [0.25, 0.3) is 0 Å². The lowest BCUT2D eigenvalue weighted by Gasteiger charge is -2.34. The van der Waals surface area contributed by atoms with Gasteiger partial charge in [0.05, 0.1) is 33.0 Å². The van der Waals surface area contributed by atoms with E-state index in [0.29, 0.717) is 38.2 Å². The second-order valence-corrected chi connectivity index (χ2v) is 4.08. The van der Waals surface area contributed by atoms with Gasteiger partial charge in [-0.05, 0) is 6.92 Å². The molecule has 1 unspecified atom stereocenters. The molecular weight excluding hydrogens is 250 g/mol. The van der Waals surface area contributed by atoms with Gasteiger partial charge in [0, 0.05) is 13.1 Å². The summed E-state index contributed by atoms with van der Waals surface area (Å²) >= 11 is 0. The van der Waals surface area contributed by atoms with Crippen LogP contribution >= 0.6 is 0 Å². The second-order valence-electron chi connectivity index (χ2n) is 4.08. The number of nitrogens with zero attached hydrogens (tertiary/aromatic N) is 4. The quantitative estimate of drug-likeness (QED) is 0.739. The van der Waals surface area contributed by atoms with E-state index in [1.807, 2.05) is 11.8 Å². The van der Waals surface area contributed by atoms with Crippen molar-refractivity contribution in [1.82, 2.24) is 15.0 Å². The minimum absolute atomic E-state index is 0.00939. The minimum Gasteiger partial charge on any atom is -0.467 e. The number of hydrogen-bond acceptors (Lipinski definition) is 8. The first-order valence-corrected chi connectivity index (χ1v) is 6.27. The second kappa shape index (κ2) is 6.48. The van der Waals surface area contributed by atoms with Crippen LogP contribution in [0.3, 0.4) is 0 Å². The Morgan fingerprint density at radius 1 is 1.47 bits per heavy atom. The van der Waals surface area contributed by atoms with Gasteiger partial charge in [-0.15, -0.1) is 0 Å². The van der Waals surface area contributed by atoms with Crippen molar-refractivity contribution in [2.24, 2.45) is 0 Å². The molecule has 0 spiro atoms. The summed E-state index contributed by atoms with van der Waals surface area (Å²) in [5, 5.41) is 12.4. The summed E-state index contributed by atoms with van der Waals surface area (Å²) in [6.45, 7) is 4.33. The molecule has 1 aromatic heterocycles. The Bertz CT molecular complexity index is 417. The van der Waals surface area contributed by atoms with Gasteiger partial charge in [0.2, 0.25) is 11.9 Å². The summed E-state index contributed by atoms with van der Waals surface area (Å²) in [7, 11) is 1.51. The zero-order chi connectivity index (χ0) is 13.7. The summed E-state index contributed by atoms with van der Waals surface area (Å²) < 4.78 is 10.4. The molecule has 2 N–H and O–H groups in total. The Hall–Kier alpha value is -1.67. The molecule has 1 atom stereocenters. The van der Waals surface area contributed by atoms with E-state index in [1.54, 1.807) is 0 Å². The van der Waals surface area contributed by atoms with Gasteiger partial charge in [0.1, 0.15) is 0 Å². The highest BCUT2D eigenvalue weighted by Gasteiger charge is 2.25. The molecule has 0 aromatic carbocycles. The summed E-state index contributed by atoms with van der Waals surface area (Å²) in [6, 6.07) is 0.111. The molecule has 106 valence electrons. The van der Waals surface area contributed by atoms with Crippen LogP contribution in [-0.4, -0.2) is 66.1 Å². The molecule has 8 heteroatoms. The predicted molar refractivity (Wildman–Crippen MR) is 69.6 cm³/mol. The van der Waals surface area contributed by atoms with E-state index in [4.69, 9.17) is 9.47 Å². The molecule has 1 aliphatic heterocycles. The van der Waals surface area contributed by atoms with Crippen LogP contribution in [-0.2, 0) is 4.74 Å². The highest BCUT2D eigenvalue weighted by Crippen LogP contribution is 2.19. The number of morpholine rings is 1. The smallest absolute Gasteiger partial charge is 0.322 e. The number of anilines is 2. The fourth-order valence-corrected chi connectivity index (χ4v) is 1.87. The summed E-state index contributed by atoms with van der Waals surface area (Å²) in [5.74, 6) is 0.956. The molecule has 0 saturated carbocycles. The van der Waals surface area contributed by atoms with Crippen LogP contribution in [0.15, 0.2) is 0 Å². The third-order valence-electron chi connectivity index (χ3n) is 2.82. The van der Waals surface area contributed by atoms with Crippen LogP contribution in [0.25, 0.3) is 0 Å². The lowest BCUT2D eigenvalue weighted by molar-refractivity contribution is 0.0717. The topological polar surface area (TPSA) is 92.6 Å². The van der Waals surface area contributed by atoms with Crippen LogP contribution in [0.1, 0.15) is 6.92 Å². The van der Waals surface area contributed by atoms with E-state index in [-0.39, 0.29) is 18.7 Å². The Morgan fingerprint density at radius 3 is 3.00 bits per heavy atom. The van der Waals surface area contributed by atoms with Gasteiger partial charge >= 0.3 is 6.01 Å². The van der Waals surface area contributed by atoms with Gasteiger partial charge in [-0.25, -0.2) is 0 Å². The average Bonchev–Trinajstić information content (AvgIpc) is 2.47. The lowest BCUT2D eigenvalue weighted by atomic mass is 10.2. The van der Waals surface area contributed by atoms with E-state index in [2.05, 4.69) is 20.3 Å². The Balaban J connectivity index is 2.28. The molecule has 1 fully saturated rings. The normalized spacial score (nSPS) is 19.3. The highest BCUT2D eigenvalue weighted by molar-refractivity contribution is 5.39. The maximum absolute atomic E-state index is 9.38. The van der Waals surface area contributed by atoms with Gasteiger partial charge in [0.15, 0.2) is 0 Å². The Kier molecular flexibility index (Phi) is 4.69. The molecule has 2 heterocycles. The van der Waals surface area contributed by atoms with Gasteiger partial charge in [-0.2, -0.15) is 15.0 Å². The minimum atomic E-state index is -0.143. The monoisotopic (exact) mass is 269 g/mol. The zero-order valence-corrected chi connectivity index (χ0v) is 11.2. The molecular formula is C11H19N5O3. The average molecular weight is 269 g/mol. The van der Waals surface area contributed by atoms with Crippen LogP contribution in [0.2, 0.25) is 0 Å². The first-order valence-electron chi connectivity index (χ1n) is 6.27. The van der Waals surface area contributed by atoms with Crippen LogP contribution in [0.4, 0.5) is 11.9 Å². The SMILES string of the molecule is CCNc1nc(OC)nc(N2CCOCC2CO)n1. The number of nitrogens with one attached hydrogen (secondary N) is 1. The Labute approximate surface area is 111 Å². The number of aliphatic hydroxyl groups is 1. The van der Waals surface area contributed by atoms with Crippen molar-refractivity contribution in [3.63, 3.8) is 0 Å². The zero-order valence-electron chi connectivity index (χ0n) is 11.2. The number of rotatable bonds is 5. The van der Waals surface area contributed by atoms with Gasteiger partial charge in [-0.3, -0.25) is 0 Å². The molecule has 2 rings (SSSR count). The first-order chi connectivity index (χ1) is 9.28. The highest BCUT2D eigenvalue weighted by atomic mass is 16.5. The number of aromatic nitrogens is 3. The number of aliphatic hydroxyl groups excluding tert-OH is 1. The molecule has 0 radical (unpaired) electrons. The van der Waals surface area contributed by atoms with E-state index in [1.165, 1.54) is 7.11 Å². The first kappa shape index (κ1) is 13.8. The number of hydrogen-bond donors (Lipinski definition) is 2. The predicted octanol–water partition coefficient (Wildman–Crippen LogP) is -0.490. The molecule has 19 heavy (non-hydrogen) atoms. The third kappa shape index (κ3) is 3.21. The fourth-order valence-electron chi connectivity index (χ4n) is 1.87. The summed E-state index contributed by atoms with van der Waals surface area (Å²) in [5.41, 5.74) is 0. The van der Waals surface area contributed by atoms with Crippen molar-refractivity contribution in [2.75, 3.05) is 50.2 Å². The van der Waals surface area contributed by atoms with Crippen molar-refractivity contribution in [2.45, 2.75) is 13.0 Å². The van der Waals surface area contributed by atoms with E-state index < -0.39 is 0 Å². The van der Waals surface area contributed by atoms with Crippen LogP contribution in [0, 0.1) is 0 Å². The molecule has 1 aromatic rings. The van der Waals surface area contributed by atoms with Gasteiger partial charge in [-0.1, -0.05) is 0 Å². The summed E-state index contributed by atoms with van der Waals surface area (Å²) in [6.07, 6.45) is 0. The maximum atomic E-state index is 9.38. The van der Waals surface area contributed by atoms with Crippen molar-refractivity contribution in [1.29, 1.82) is 0 Å². The van der Waals surface area contributed by atoms with Crippen LogP contribution in [0.5, 0.6) is 6.01 Å². The van der Waals surface area contributed by atoms with Crippen LogP contribution < -0.4 is 15.0 Å². The lowest BCUT2D eigenvalue weighted by Crippen LogP contribution is -2.48. The molecule has 8 nitrogen and oxygen atoms in total. The number of ether oxygens (including phenoxy) is 2.